The zero-order chi connectivity index (χ0) is 15.6. The predicted octanol–water partition coefficient (Wildman–Crippen LogP) is 2.84. The van der Waals surface area contributed by atoms with E-state index in [0.29, 0.717) is 6.54 Å². The van der Waals surface area contributed by atoms with E-state index in [1.165, 1.54) is 6.08 Å². The molecular formula is C16H19FN2O2. The quantitative estimate of drug-likeness (QED) is 0.800. The number of amides is 2. The SMILES string of the molecule is CC(=O)N(F)C1=CC(c2ccccc2)N(CC(C)C)C1=O. The molecule has 1 unspecified atom stereocenters. The second-order valence-electron chi connectivity index (χ2n) is 5.56. The highest BCUT2D eigenvalue weighted by molar-refractivity contribution is 5.99. The van der Waals surface area contributed by atoms with Gasteiger partial charge in [0.1, 0.15) is 5.70 Å². The maximum Gasteiger partial charge on any atom is 0.273 e. The van der Waals surface area contributed by atoms with Gasteiger partial charge in [0.15, 0.2) is 0 Å². The van der Waals surface area contributed by atoms with Gasteiger partial charge in [-0.25, -0.2) is 0 Å². The zero-order valence-corrected chi connectivity index (χ0v) is 12.4. The van der Waals surface area contributed by atoms with Gasteiger partial charge in [-0.3, -0.25) is 9.59 Å². The van der Waals surface area contributed by atoms with Gasteiger partial charge in [-0.1, -0.05) is 48.7 Å². The van der Waals surface area contributed by atoms with Crippen LogP contribution in [0.15, 0.2) is 42.1 Å². The summed E-state index contributed by atoms with van der Waals surface area (Å²) in [6, 6.07) is 9.07. The first-order chi connectivity index (χ1) is 9.91. The van der Waals surface area contributed by atoms with Crippen LogP contribution in [0.5, 0.6) is 0 Å². The predicted molar refractivity (Wildman–Crippen MR) is 77.4 cm³/mol. The van der Waals surface area contributed by atoms with Gasteiger partial charge in [0.2, 0.25) is 0 Å². The summed E-state index contributed by atoms with van der Waals surface area (Å²) in [4.78, 5) is 25.2. The molecule has 0 aromatic heterocycles. The molecule has 1 aliphatic heterocycles. The summed E-state index contributed by atoms with van der Waals surface area (Å²) >= 11 is 0. The number of nitrogens with zero attached hydrogens (tertiary/aromatic N) is 2. The summed E-state index contributed by atoms with van der Waals surface area (Å²) in [5, 5.41) is -0.0708. The van der Waals surface area contributed by atoms with Gasteiger partial charge in [-0.15, -0.1) is 5.12 Å². The average molecular weight is 290 g/mol. The van der Waals surface area contributed by atoms with Crippen LogP contribution in [0, 0.1) is 5.92 Å². The van der Waals surface area contributed by atoms with Crippen LogP contribution in [0.3, 0.4) is 0 Å². The average Bonchev–Trinajstić information content (AvgIpc) is 2.76. The van der Waals surface area contributed by atoms with Crippen molar-refractivity contribution in [1.82, 2.24) is 10.0 Å². The van der Waals surface area contributed by atoms with Crippen LogP contribution in [0.2, 0.25) is 0 Å². The highest BCUT2D eigenvalue weighted by atomic mass is 19.2. The van der Waals surface area contributed by atoms with Crippen LogP contribution in [-0.2, 0) is 9.59 Å². The normalized spacial score (nSPS) is 18.1. The summed E-state index contributed by atoms with van der Waals surface area (Å²) in [6.07, 6.45) is 1.52. The molecule has 2 amide bonds. The van der Waals surface area contributed by atoms with Gasteiger partial charge in [-0.05, 0) is 17.6 Å². The molecule has 0 bridgehead atoms. The van der Waals surface area contributed by atoms with Gasteiger partial charge in [0.05, 0.1) is 6.04 Å². The molecule has 1 heterocycles. The van der Waals surface area contributed by atoms with E-state index in [9.17, 15) is 14.1 Å². The summed E-state index contributed by atoms with van der Waals surface area (Å²) in [5.41, 5.74) is 0.704. The van der Waals surface area contributed by atoms with Crippen molar-refractivity contribution in [2.24, 2.45) is 5.92 Å². The second-order valence-corrected chi connectivity index (χ2v) is 5.56. The Bertz CT molecular complexity index is 569. The Morgan fingerprint density at radius 1 is 1.33 bits per heavy atom. The zero-order valence-electron chi connectivity index (χ0n) is 12.4. The Morgan fingerprint density at radius 2 is 1.95 bits per heavy atom. The topological polar surface area (TPSA) is 40.6 Å². The van der Waals surface area contributed by atoms with Gasteiger partial charge < -0.3 is 4.90 Å². The van der Waals surface area contributed by atoms with Crippen LogP contribution in [0.1, 0.15) is 32.4 Å². The van der Waals surface area contributed by atoms with Crippen molar-refractivity contribution in [3.8, 4) is 0 Å². The molecule has 1 aliphatic rings. The Labute approximate surface area is 123 Å². The van der Waals surface area contributed by atoms with Gasteiger partial charge >= 0.3 is 0 Å². The molecule has 5 heteroatoms. The number of benzene rings is 1. The van der Waals surface area contributed by atoms with E-state index in [-0.39, 0.29) is 22.8 Å². The molecule has 112 valence electrons. The lowest BCUT2D eigenvalue weighted by Gasteiger charge is -2.27. The molecule has 1 atom stereocenters. The first-order valence-electron chi connectivity index (χ1n) is 6.96. The minimum absolute atomic E-state index is 0.0708. The van der Waals surface area contributed by atoms with Gasteiger partial charge in [0.25, 0.3) is 11.8 Å². The van der Waals surface area contributed by atoms with Crippen molar-refractivity contribution in [2.45, 2.75) is 26.8 Å². The van der Waals surface area contributed by atoms with Gasteiger partial charge in [-0.2, -0.15) is 0 Å². The number of rotatable bonds is 4. The summed E-state index contributed by atoms with van der Waals surface area (Å²) in [5.74, 6) is -0.999. The van der Waals surface area contributed by atoms with Crippen LogP contribution in [0.25, 0.3) is 0 Å². The first kappa shape index (κ1) is 15.2. The second kappa shape index (κ2) is 6.08. The van der Waals surface area contributed by atoms with Crippen molar-refractivity contribution < 1.29 is 14.1 Å². The molecule has 0 saturated carbocycles. The number of carbonyl (C=O) groups is 2. The fourth-order valence-corrected chi connectivity index (χ4v) is 2.42. The Balaban J connectivity index is 2.38. The van der Waals surface area contributed by atoms with Crippen LogP contribution in [-0.4, -0.2) is 28.4 Å². The van der Waals surface area contributed by atoms with Gasteiger partial charge in [0, 0.05) is 13.5 Å². The van der Waals surface area contributed by atoms with E-state index < -0.39 is 11.8 Å². The van der Waals surface area contributed by atoms with Crippen molar-refractivity contribution >= 4 is 11.8 Å². The number of halogens is 1. The molecular weight excluding hydrogens is 271 g/mol. The van der Waals surface area contributed by atoms with E-state index in [0.717, 1.165) is 12.5 Å². The Kier molecular flexibility index (Phi) is 4.40. The molecule has 1 aromatic carbocycles. The summed E-state index contributed by atoms with van der Waals surface area (Å²) in [7, 11) is 0. The largest absolute Gasteiger partial charge is 0.326 e. The van der Waals surface area contributed by atoms with E-state index >= 15 is 0 Å². The Hall–Kier alpha value is -2.17. The lowest BCUT2D eigenvalue weighted by Crippen LogP contribution is -2.35. The highest BCUT2D eigenvalue weighted by Crippen LogP contribution is 2.33. The number of carbonyl (C=O) groups excluding carboxylic acids is 2. The molecule has 4 nitrogen and oxygen atoms in total. The van der Waals surface area contributed by atoms with Crippen LogP contribution in [0.4, 0.5) is 4.48 Å². The number of hydrogen-bond donors (Lipinski definition) is 0. The third kappa shape index (κ3) is 3.12. The van der Waals surface area contributed by atoms with Crippen molar-refractivity contribution in [1.29, 1.82) is 0 Å². The van der Waals surface area contributed by atoms with E-state index in [1.54, 1.807) is 4.90 Å². The fourth-order valence-electron chi connectivity index (χ4n) is 2.42. The third-order valence-electron chi connectivity index (χ3n) is 3.32. The van der Waals surface area contributed by atoms with Crippen LogP contribution >= 0.6 is 0 Å². The van der Waals surface area contributed by atoms with Crippen molar-refractivity contribution in [3.05, 3.63) is 47.7 Å². The minimum atomic E-state index is -0.798. The van der Waals surface area contributed by atoms with Crippen LogP contribution < -0.4 is 0 Å². The minimum Gasteiger partial charge on any atom is -0.326 e. The third-order valence-corrected chi connectivity index (χ3v) is 3.32. The first-order valence-corrected chi connectivity index (χ1v) is 6.96. The fraction of sp³-hybridized carbons (Fsp3) is 0.375. The highest BCUT2D eigenvalue weighted by Gasteiger charge is 2.37. The standard InChI is InChI=1S/C16H19FN2O2/c1-11(2)10-18-14(13-7-5-4-6-8-13)9-15(16(18)21)19(17)12(3)20/h4-9,11,14H,10H2,1-3H3. The lowest BCUT2D eigenvalue weighted by atomic mass is 10.1. The van der Waals surface area contributed by atoms with Crippen molar-refractivity contribution in [3.63, 3.8) is 0 Å². The van der Waals surface area contributed by atoms with E-state index in [1.807, 2.05) is 44.2 Å². The molecule has 0 fully saturated rings. The molecule has 0 spiro atoms. The lowest BCUT2D eigenvalue weighted by molar-refractivity contribution is -0.144. The van der Waals surface area contributed by atoms with E-state index in [4.69, 9.17) is 0 Å². The molecule has 0 N–H and O–H groups in total. The molecule has 0 saturated heterocycles. The van der Waals surface area contributed by atoms with Crippen molar-refractivity contribution in [2.75, 3.05) is 6.54 Å². The molecule has 2 rings (SSSR count). The molecule has 21 heavy (non-hydrogen) atoms. The molecule has 1 aromatic rings. The van der Waals surface area contributed by atoms with E-state index in [2.05, 4.69) is 0 Å². The maximum atomic E-state index is 13.8. The summed E-state index contributed by atoms with van der Waals surface area (Å²) in [6.45, 7) is 5.58. The Morgan fingerprint density at radius 3 is 2.48 bits per heavy atom. The maximum absolute atomic E-state index is 13.8. The number of hydrogen-bond acceptors (Lipinski definition) is 2. The smallest absolute Gasteiger partial charge is 0.273 e. The molecule has 0 aliphatic carbocycles. The summed E-state index contributed by atoms with van der Waals surface area (Å²) < 4.78 is 13.8. The molecule has 0 radical (unpaired) electrons. The monoisotopic (exact) mass is 290 g/mol.